The summed E-state index contributed by atoms with van der Waals surface area (Å²) in [7, 11) is 0. The number of aromatic amines is 1. The highest BCUT2D eigenvalue weighted by molar-refractivity contribution is 6.33. The zero-order chi connectivity index (χ0) is 16.5. The fourth-order valence-electron chi connectivity index (χ4n) is 3.43. The molecule has 0 bridgehead atoms. The van der Waals surface area contributed by atoms with Crippen molar-refractivity contribution >= 4 is 40.9 Å². The summed E-state index contributed by atoms with van der Waals surface area (Å²) in [6, 6.07) is 8.70. The van der Waals surface area contributed by atoms with E-state index in [0.717, 1.165) is 47.8 Å². The van der Waals surface area contributed by atoms with Crippen molar-refractivity contribution in [3.8, 4) is 11.3 Å². The van der Waals surface area contributed by atoms with Crippen molar-refractivity contribution in [2.24, 2.45) is 5.73 Å². The molecule has 0 saturated heterocycles. The topological polar surface area (TPSA) is 79.6 Å². The molecule has 4 N–H and O–H groups in total. The van der Waals surface area contributed by atoms with Crippen LogP contribution in [0, 0.1) is 0 Å². The van der Waals surface area contributed by atoms with Crippen LogP contribution in [0.25, 0.3) is 22.2 Å². The molecule has 1 aliphatic carbocycles. The van der Waals surface area contributed by atoms with Gasteiger partial charge in [0.2, 0.25) is 5.95 Å². The Morgan fingerprint density at radius 3 is 2.92 bits per heavy atom. The lowest BCUT2D eigenvalue weighted by molar-refractivity contribution is 0.408. The van der Waals surface area contributed by atoms with Gasteiger partial charge >= 0.3 is 0 Å². The highest BCUT2D eigenvalue weighted by Crippen LogP contribution is 2.32. The predicted molar refractivity (Wildman–Crippen MR) is 105 cm³/mol. The van der Waals surface area contributed by atoms with E-state index in [1.807, 2.05) is 24.4 Å². The van der Waals surface area contributed by atoms with E-state index in [4.69, 9.17) is 17.3 Å². The molecule has 0 unspecified atom stereocenters. The Bertz CT molecular complexity index is 864. The van der Waals surface area contributed by atoms with Crippen molar-refractivity contribution in [3.05, 3.63) is 41.7 Å². The van der Waals surface area contributed by atoms with Gasteiger partial charge in [-0.15, -0.1) is 12.4 Å². The Morgan fingerprint density at radius 2 is 2.08 bits per heavy atom. The van der Waals surface area contributed by atoms with Gasteiger partial charge in [-0.25, -0.2) is 9.97 Å². The Labute approximate surface area is 157 Å². The number of anilines is 1. The monoisotopic (exact) mass is 377 g/mol. The molecule has 3 aromatic rings. The fraction of sp³-hybridized carbons (Fsp3) is 0.333. The van der Waals surface area contributed by atoms with Crippen LogP contribution in [0.15, 0.2) is 36.7 Å². The Morgan fingerprint density at radius 1 is 1.24 bits per heavy atom. The van der Waals surface area contributed by atoms with Crippen LogP contribution in [0.5, 0.6) is 0 Å². The number of nitrogens with one attached hydrogen (secondary N) is 2. The zero-order valence-corrected chi connectivity index (χ0v) is 15.3. The van der Waals surface area contributed by atoms with Crippen LogP contribution >= 0.6 is 24.0 Å². The van der Waals surface area contributed by atoms with E-state index in [-0.39, 0.29) is 18.4 Å². The lowest BCUT2D eigenvalue weighted by Gasteiger charge is -2.27. The molecular formula is C18H21Cl2N5. The molecule has 5 nitrogen and oxygen atoms in total. The summed E-state index contributed by atoms with van der Waals surface area (Å²) in [5, 5.41) is 5.07. The summed E-state index contributed by atoms with van der Waals surface area (Å²) < 4.78 is 0. The third kappa shape index (κ3) is 3.73. The molecule has 1 saturated carbocycles. The minimum absolute atomic E-state index is 0. The number of para-hydroxylation sites is 1. The molecule has 1 aliphatic rings. The lowest BCUT2D eigenvalue weighted by Crippen LogP contribution is -2.35. The predicted octanol–water partition coefficient (Wildman–Crippen LogP) is 4.38. The summed E-state index contributed by atoms with van der Waals surface area (Å²) in [5.41, 5.74) is 8.86. The number of rotatable bonds is 3. The molecular weight excluding hydrogens is 357 g/mol. The second-order valence-corrected chi connectivity index (χ2v) is 6.81. The molecule has 0 spiro atoms. The minimum Gasteiger partial charge on any atom is -0.360 e. The number of aromatic nitrogens is 3. The van der Waals surface area contributed by atoms with Crippen LogP contribution in [-0.2, 0) is 0 Å². The van der Waals surface area contributed by atoms with Gasteiger partial charge in [0.15, 0.2) is 0 Å². The van der Waals surface area contributed by atoms with Crippen LogP contribution in [0.2, 0.25) is 5.02 Å². The maximum Gasteiger partial charge on any atom is 0.223 e. The van der Waals surface area contributed by atoms with Crippen molar-refractivity contribution in [3.63, 3.8) is 0 Å². The number of H-pyrrole nitrogens is 1. The van der Waals surface area contributed by atoms with Gasteiger partial charge in [0.1, 0.15) is 0 Å². The smallest absolute Gasteiger partial charge is 0.223 e. The summed E-state index contributed by atoms with van der Waals surface area (Å²) >= 11 is 6.37. The van der Waals surface area contributed by atoms with Crippen LogP contribution in [0.4, 0.5) is 5.95 Å². The zero-order valence-electron chi connectivity index (χ0n) is 13.7. The molecule has 7 heteroatoms. The van der Waals surface area contributed by atoms with Crippen molar-refractivity contribution in [1.82, 2.24) is 15.0 Å². The average Bonchev–Trinajstić information content (AvgIpc) is 3.01. The van der Waals surface area contributed by atoms with E-state index >= 15 is 0 Å². The Kier molecular flexibility index (Phi) is 5.47. The quantitative estimate of drug-likeness (QED) is 0.632. The van der Waals surface area contributed by atoms with Gasteiger partial charge in [0.05, 0.1) is 16.9 Å². The SMILES string of the molecule is Cl.N[C@H]1CCC[C@@H](Nc2ncc(Cl)c(-c3c[nH]c4ccccc34)n2)C1. The normalized spacial score (nSPS) is 20.2. The number of nitrogens with two attached hydrogens (primary N) is 1. The molecule has 1 aromatic carbocycles. The molecule has 25 heavy (non-hydrogen) atoms. The van der Waals surface area contributed by atoms with Crippen molar-refractivity contribution in [1.29, 1.82) is 0 Å². The van der Waals surface area contributed by atoms with Crippen LogP contribution in [0.1, 0.15) is 25.7 Å². The van der Waals surface area contributed by atoms with Gasteiger partial charge < -0.3 is 16.0 Å². The first-order valence-corrected chi connectivity index (χ1v) is 8.69. The maximum absolute atomic E-state index is 6.37. The van der Waals surface area contributed by atoms with Gasteiger partial charge in [0.25, 0.3) is 0 Å². The molecule has 0 amide bonds. The molecule has 2 atom stereocenters. The first kappa shape index (κ1) is 18.0. The summed E-state index contributed by atoms with van der Waals surface area (Å²) in [6.45, 7) is 0. The number of nitrogens with zero attached hydrogens (tertiary/aromatic N) is 2. The second-order valence-electron chi connectivity index (χ2n) is 6.41. The Hall–Kier alpha value is -1.82. The van der Waals surface area contributed by atoms with E-state index < -0.39 is 0 Å². The van der Waals surface area contributed by atoms with E-state index in [2.05, 4.69) is 26.3 Å². The van der Waals surface area contributed by atoms with E-state index in [0.29, 0.717) is 17.0 Å². The molecule has 2 aromatic heterocycles. The molecule has 0 aliphatic heterocycles. The average molecular weight is 378 g/mol. The first-order chi connectivity index (χ1) is 11.7. The van der Waals surface area contributed by atoms with Gasteiger partial charge in [-0.3, -0.25) is 0 Å². The maximum atomic E-state index is 6.37. The molecule has 0 radical (unpaired) electrons. The summed E-state index contributed by atoms with van der Waals surface area (Å²) in [6.07, 6.45) is 7.90. The van der Waals surface area contributed by atoms with Crippen LogP contribution in [-0.4, -0.2) is 27.0 Å². The van der Waals surface area contributed by atoms with Crippen LogP contribution < -0.4 is 11.1 Å². The molecule has 132 valence electrons. The number of hydrogen-bond donors (Lipinski definition) is 3. The minimum atomic E-state index is 0. The second kappa shape index (κ2) is 7.60. The number of benzene rings is 1. The molecule has 4 rings (SSSR count). The van der Waals surface area contributed by atoms with E-state index in [1.165, 1.54) is 0 Å². The third-order valence-electron chi connectivity index (χ3n) is 4.64. The third-order valence-corrected chi connectivity index (χ3v) is 4.91. The standard InChI is InChI=1S/C18H20ClN5.ClH/c19-15-10-22-18(23-12-5-3-4-11(20)8-12)24-17(15)14-9-21-16-7-2-1-6-13(14)16;/h1-2,6-7,9-12,21H,3-5,8,20H2,(H,22,23,24);1H/t11-,12+;/m0./s1. The lowest BCUT2D eigenvalue weighted by atomic mass is 9.92. The fourth-order valence-corrected chi connectivity index (χ4v) is 3.63. The van der Waals surface area contributed by atoms with Crippen molar-refractivity contribution in [2.45, 2.75) is 37.8 Å². The molecule has 2 heterocycles. The summed E-state index contributed by atoms with van der Waals surface area (Å²) in [5.74, 6) is 0.610. The van der Waals surface area contributed by atoms with Crippen LogP contribution in [0.3, 0.4) is 0 Å². The summed E-state index contributed by atoms with van der Waals surface area (Å²) in [4.78, 5) is 12.3. The first-order valence-electron chi connectivity index (χ1n) is 8.32. The largest absolute Gasteiger partial charge is 0.360 e. The Balaban J connectivity index is 0.00000182. The highest BCUT2D eigenvalue weighted by atomic mass is 35.5. The highest BCUT2D eigenvalue weighted by Gasteiger charge is 2.20. The van der Waals surface area contributed by atoms with Crippen molar-refractivity contribution in [2.75, 3.05) is 5.32 Å². The van der Waals surface area contributed by atoms with Gasteiger partial charge in [-0.1, -0.05) is 29.8 Å². The van der Waals surface area contributed by atoms with Gasteiger partial charge in [0, 0.05) is 34.7 Å². The molecule has 1 fully saturated rings. The van der Waals surface area contributed by atoms with Gasteiger partial charge in [-0.2, -0.15) is 0 Å². The number of halogens is 2. The van der Waals surface area contributed by atoms with E-state index in [9.17, 15) is 0 Å². The number of hydrogen-bond acceptors (Lipinski definition) is 4. The van der Waals surface area contributed by atoms with Crippen molar-refractivity contribution < 1.29 is 0 Å². The van der Waals surface area contributed by atoms with Gasteiger partial charge in [-0.05, 0) is 31.7 Å². The number of fused-ring (bicyclic) bond motifs is 1. The van der Waals surface area contributed by atoms with E-state index in [1.54, 1.807) is 6.20 Å².